The summed E-state index contributed by atoms with van der Waals surface area (Å²) in [7, 11) is 0. The third kappa shape index (κ3) is 4.66. The number of aromatic hydroxyl groups is 1. The number of phenolic OH excluding ortho intramolecular Hbond substituents is 1. The molecule has 1 atom stereocenters. The summed E-state index contributed by atoms with van der Waals surface area (Å²) in [5, 5.41) is 18.3. The van der Waals surface area contributed by atoms with Crippen molar-refractivity contribution in [3.63, 3.8) is 0 Å². The Labute approximate surface area is 219 Å². The van der Waals surface area contributed by atoms with Gasteiger partial charge in [0.1, 0.15) is 23.7 Å². The number of aromatic nitrogens is 2. The fraction of sp³-hybridized carbons (Fsp3) is 0.172. The number of ether oxygens (including phenoxy) is 2. The number of H-pyrrole nitrogens is 1. The lowest BCUT2D eigenvalue weighted by Gasteiger charge is -2.26. The van der Waals surface area contributed by atoms with Crippen molar-refractivity contribution in [3.8, 4) is 28.5 Å². The van der Waals surface area contributed by atoms with Gasteiger partial charge in [-0.05, 0) is 48.4 Å². The molecular weight excluding hydrogens is 490 g/mol. The van der Waals surface area contributed by atoms with Gasteiger partial charge in [-0.2, -0.15) is 5.10 Å². The highest BCUT2D eigenvalue weighted by atomic mass is 35.5. The molecule has 0 bridgehead atoms. The Bertz CT molecular complexity index is 1450. The number of nitrogens with one attached hydrogen (secondary N) is 1. The standard InChI is InChI=1S/C29H26ClN3O4/c1-3-14-33-28(25-26(31-32-27(25)29(33)35)21-16-20(30)11-12-22(21)34)19-10-13-23(24(15-19)36-4-2)37-17-18-8-6-5-7-9-18/h3,5-13,15-16,28,34H,1,4,14,17H2,2H3,(H,31,32). The Balaban J connectivity index is 1.58. The van der Waals surface area contributed by atoms with Crippen LogP contribution in [0, 0.1) is 0 Å². The first-order valence-electron chi connectivity index (χ1n) is 11.9. The molecule has 0 aliphatic carbocycles. The van der Waals surface area contributed by atoms with Gasteiger partial charge in [0.2, 0.25) is 0 Å². The highest BCUT2D eigenvalue weighted by Gasteiger charge is 2.42. The second-order valence-corrected chi connectivity index (χ2v) is 9.02. The molecule has 3 aromatic carbocycles. The van der Waals surface area contributed by atoms with Crippen LogP contribution in [0.1, 0.15) is 40.1 Å². The van der Waals surface area contributed by atoms with E-state index in [9.17, 15) is 9.90 Å². The van der Waals surface area contributed by atoms with Gasteiger partial charge in [0, 0.05) is 22.7 Å². The van der Waals surface area contributed by atoms with Crippen LogP contribution in [0.3, 0.4) is 0 Å². The third-order valence-electron chi connectivity index (χ3n) is 6.22. The number of phenols is 1. The molecule has 8 heteroatoms. The van der Waals surface area contributed by atoms with E-state index in [4.69, 9.17) is 21.1 Å². The molecule has 0 saturated carbocycles. The largest absolute Gasteiger partial charge is 0.507 e. The van der Waals surface area contributed by atoms with E-state index in [1.807, 2.05) is 55.5 Å². The maximum Gasteiger partial charge on any atom is 0.273 e. The van der Waals surface area contributed by atoms with Crippen LogP contribution in [0.2, 0.25) is 5.02 Å². The number of rotatable bonds is 9. The molecule has 5 rings (SSSR count). The summed E-state index contributed by atoms with van der Waals surface area (Å²) in [5.41, 5.74) is 3.78. The van der Waals surface area contributed by atoms with E-state index in [1.54, 1.807) is 23.1 Å². The van der Waals surface area contributed by atoms with Gasteiger partial charge in [0.25, 0.3) is 5.91 Å². The topological polar surface area (TPSA) is 87.7 Å². The Morgan fingerprint density at radius 2 is 1.92 bits per heavy atom. The van der Waals surface area contributed by atoms with Gasteiger partial charge >= 0.3 is 0 Å². The van der Waals surface area contributed by atoms with Crippen molar-refractivity contribution in [1.29, 1.82) is 0 Å². The number of amides is 1. The highest BCUT2D eigenvalue weighted by molar-refractivity contribution is 6.31. The Hall–Kier alpha value is -4.23. The molecule has 2 heterocycles. The zero-order chi connectivity index (χ0) is 25.9. The second-order valence-electron chi connectivity index (χ2n) is 8.58. The number of benzene rings is 3. The number of carbonyl (C=O) groups is 1. The smallest absolute Gasteiger partial charge is 0.273 e. The van der Waals surface area contributed by atoms with Crippen molar-refractivity contribution in [2.75, 3.05) is 13.2 Å². The lowest BCUT2D eigenvalue weighted by Crippen LogP contribution is -2.29. The molecule has 1 unspecified atom stereocenters. The van der Waals surface area contributed by atoms with Crippen LogP contribution >= 0.6 is 11.6 Å². The van der Waals surface area contributed by atoms with E-state index < -0.39 is 6.04 Å². The third-order valence-corrected chi connectivity index (χ3v) is 6.46. The number of hydrogen-bond donors (Lipinski definition) is 2. The Morgan fingerprint density at radius 1 is 1.11 bits per heavy atom. The fourth-order valence-electron chi connectivity index (χ4n) is 4.59. The first-order valence-corrected chi connectivity index (χ1v) is 12.3. The summed E-state index contributed by atoms with van der Waals surface area (Å²) in [6, 6.07) is 19.8. The molecule has 7 nitrogen and oxygen atoms in total. The lowest BCUT2D eigenvalue weighted by molar-refractivity contribution is 0.0764. The van der Waals surface area contributed by atoms with E-state index in [1.165, 1.54) is 6.07 Å². The summed E-state index contributed by atoms with van der Waals surface area (Å²) >= 11 is 6.22. The van der Waals surface area contributed by atoms with Gasteiger partial charge in [-0.3, -0.25) is 9.89 Å². The predicted molar refractivity (Wildman–Crippen MR) is 142 cm³/mol. The summed E-state index contributed by atoms with van der Waals surface area (Å²) in [6.45, 7) is 6.91. The summed E-state index contributed by atoms with van der Waals surface area (Å²) in [4.78, 5) is 15.1. The van der Waals surface area contributed by atoms with Crippen LogP contribution in [-0.4, -0.2) is 39.3 Å². The molecule has 1 aliphatic heterocycles. The predicted octanol–water partition coefficient (Wildman–Crippen LogP) is 6.14. The zero-order valence-electron chi connectivity index (χ0n) is 20.3. The quantitative estimate of drug-likeness (QED) is 0.261. The summed E-state index contributed by atoms with van der Waals surface area (Å²) in [6.07, 6.45) is 1.68. The Morgan fingerprint density at radius 3 is 2.68 bits per heavy atom. The monoisotopic (exact) mass is 515 g/mol. The number of hydrogen-bond acceptors (Lipinski definition) is 5. The van der Waals surface area contributed by atoms with E-state index in [0.717, 1.165) is 11.1 Å². The van der Waals surface area contributed by atoms with E-state index >= 15 is 0 Å². The molecule has 4 aromatic rings. The highest BCUT2D eigenvalue weighted by Crippen LogP contribution is 2.46. The SMILES string of the molecule is C=CCN1C(=O)c2[nH]nc(-c3cc(Cl)ccc3O)c2C1c1ccc(OCc2ccccc2)c(OCC)c1. The first-order chi connectivity index (χ1) is 18.0. The molecule has 0 spiro atoms. The van der Waals surface area contributed by atoms with Gasteiger partial charge < -0.3 is 19.5 Å². The van der Waals surface area contributed by atoms with Crippen molar-refractivity contribution in [3.05, 3.63) is 107 Å². The summed E-state index contributed by atoms with van der Waals surface area (Å²) in [5.74, 6) is 0.995. The first kappa shape index (κ1) is 24.5. The van der Waals surface area contributed by atoms with Crippen molar-refractivity contribution in [2.45, 2.75) is 19.6 Å². The molecule has 0 saturated heterocycles. The Kier molecular flexibility index (Phi) is 6.88. The minimum atomic E-state index is -0.491. The number of fused-ring (bicyclic) bond motifs is 1. The van der Waals surface area contributed by atoms with Gasteiger partial charge in [-0.15, -0.1) is 6.58 Å². The van der Waals surface area contributed by atoms with Crippen LogP contribution in [0.25, 0.3) is 11.3 Å². The molecule has 1 aliphatic rings. The summed E-state index contributed by atoms with van der Waals surface area (Å²) < 4.78 is 12.0. The van der Waals surface area contributed by atoms with Crippen LogP contribution in [0.15, 0.2) is 79.4 Å². The second kappa shape index (κ2) is 10.4. The molecule has 188 valence electrons. The van der Waals surface area contributed by atoms with Gasteiger partial charge in [-0.1, -0.05) is 54.1 Å². The van der Waals surface area contributed by atoms with E-state index in [-0.39, 0.29) is 11.7 Å². The average molecular weight is 516 g/mol. The molecule has 0 fully saturated rings. The van der Waals surface area contributed by atoms with Gasteiger partial charge in [0.15, 0.2) is 11.5 Å². The van der Waals surface area contributed by atoms with Crippen LogP contribution in [0.4, 0.5) is 0 Å². The molecule has 1 aromatic heterocycles. The molecule has 2 N–H and O–H groups in total. The fourth-order valence-corrected chi connectivity index (χ4v) is 4.76. The van der Waals surface area contributed by atoms with Crippen molar-refractivity contribution in [1.82, 2.24) is 15.1 Å². The minimum absolute atomic E-state index is 0.0201. The minimum Gasteiger partial charge on any atom is -0.507 e. The van der Waals surface area contributed by atoms with E-state index in [2.05, 4.69) is 16.8 Å². The van der Waals surface area contributed by atoms with Crippen LogP contribution < -0.4 is 9.47 Å². The lowest BCUT2D eigenvalue weighted by atomic mass is 9.95. The van der Waals surface area contributed by atoms with Crippen molar-refractivity contribution >= 4 is 17.5 Å². The zero-order valence-corrected chi connectivity index (χ0v) is 21.0. The van der Waals surface area contributed by atoms with Crippen LogP contribution in [0.5, 0.6) is 17.2 Å². The number of carbonyl (C=O) groups excluding carboxylic acids is 1. The van der Waals surface area contributed by atoms with E-state index in [0.29, 0.717) is 58.8 Å². The number of aromatic amines is 1. The van der Waals surface area contributed by atoms with Crippen molar-refractivity contribution in [2.24, 2.45) is 0 Å². The maximum absolute atomic E-state index is 13.4. The molecule has 37 heavy (non-hydrogen) atoms. The normalized spacial score (nSPS) is 14.5. The maximum atomic E-state index is 13.4. The number of halogens is 1. The van der Waals surface area contributed by atoms with Gasteiger partial charge in [-0.25, -0.2) is 0 Å². The average Bonchev–Trinajstić information content (AvgIpc) is 3.45. The van der Waals surface area contributed by atoms with Crippen LogP contribution in [-0.2, 0) is 6.61 Å². The number of nitrogens with zero attached hydrogens (tertiary/aromatic N) is 2. The molecule has 0 radical (unpaired) electrons. The van der Waals surface area contributed by atoms with Gasteiger partial charge in [0.05, 0.1) is 12.6 Å². The molecular formula is C29H26ClN3O4. The molecule has 1 amide bonds. The van der Waals surface area contributed by atoms with Crippen molar-refractivity contribution < 1.29 is 19.4 Å².